The minimum atomic E-state index is -0.560. The first-order valence-electron chi connectivity index (χ1n) is 8.73. The molecule has 2 fully saturated rings. The zero-order chi connectivity index (χ0) is 17.1. The summed E-state index contributed by atoms with van der Waals surface area (Å²) < 4.78 is 14.2. The van der Waals surface area contributed by atoms with Gasteiger partial charge in [-0.25, -0.2) is 4.39 Å². The molecule has 7 heteroatoms. The van der Waals surface area contributed by atoms with Gasteiger partial charge >= 0.3 is 0 Å². The Bertz CT molecular complexity index is 582. The van der Waals surface area contributed by atoms with Crippen molar-refractivity contribution in [3.63, 3.8) is 0 Å². The number of anilines is 1. The Morgan fingerprint density at radius 3 is 2.38 bits per heavy atom. The first-order chi connectivity index (χ1) is 11.6. The van der Waals surface area contributed by atoms with Crippen LogP contribution < -0.4 is 4.90 Å². The first kappa shape index (κ1) is 17.1. The minimum absolute atomic E-state index is 0.195. The van der Waals surface area contributed by atoms with Gasteiger partial charge in [-0.2, -0.15) is 0 Å². The molecule has 6 nitrogen and oxygen atoms in total. The van der Waals surface area contributed by atoms with Crippen molar-refractivity contribution >= 4 is 11.4 Å². The second-order valence-electron chi connectivity index (χ2n) is 6.58. The van der Waals surface area contributed by atoms with Gasteiger partial charge in [0.2, 0.25) is 0 Å². The Labute approximate surface area is 142 Å². The summed E-state index contributed by atoms with van der Waals surface area (Å²) >= 11 is 0. The van der Waals surface area contributed by atoms with Gasteiger partial charge in [0.25, 0.3) is 5.69 Å². The SMILES string of the molecule is CCN1CCN(C2CCN(c3ccc([N+](=O)[O-])cc3F)CC2)CC1. The van der Waals surface area contributed by atoms with Crippen LogP contribution in [-0.2, 0) is 0 Å². The number of nitrogens with zero attached hydrogens (tertiary/aromatic N) is 4. The number of likely N-dealkylation sites (N-methyl/N-ethyl adjacent to an activating group) is 1. The number of benzene rings is 1. The van der Waals surface area contributed by atoms with Crippen LogP contribution in [0.15, 0.2) is 18.2 Å². The maximum absolute atomic E-state index is 14.2. The van der Waals surface area contributed by atoms with Gasteiger partial charge in [-0.15, -0.1) is 0 Å². The fraction of sp³-hybridized carbons (Fsp3) is 0.647. The third kappa shape index (κ3) is 3.67. The molecule has 0 amide bonds. The zero-order valence-corrected chi connectivity index (χ0v) is 14.2. The van der Waals surface area contributed by atoms with Crippen LogP contribution in [0.25, 0.3) is 0 Å². The Morgan fingerprint density at radius 1 is 1.17 bits per heavy atom. The van der Waals surface area contributed by atoms with Gasteiger partial charge in [-0.05, 0) is 25.5 Å². The molecule has 1 aromatic carbocycles. The summed E-state index contributed by atoms with van der Waals surface area (Å²) in [7, 11) is 0. The van der Waals surface area contributed by atoms with E-state index in [2.05, 4.69) is 16.7 Å². The van der Waals surface area contributed by atoms with Gasteiger partial charge in [0.05, 0.1) is 16.7 Å². The second kappa shape index (κ2) is 7.44. The Balaban J connectivity index is 1.56. The molecule has 0 atom stereocenters. The van der Waals surface area contributed by atoms with Crippen LogP contribution in [0.1, 0.15) is 19.8 Å². The Kier molecular flexibility index (Phi) is 5.30. The van der Waals surface area contributed by atoms with E-state index in [4.69, 9.17) is 0 Å². The van der Waals surface area contributed by atoms with E-state index in [1.165, 1.54) is 12.1 Å². The monoisotopic (exact) mass is 336 g/mol. The molecule has 0 bridgehead atoms. The average Bonchev–Trinajstić information content (AvgIpc) is 2.62. The maximum atomic E-state index is 14.2. The van der Waals surface area contributed by atoms with E-state index >= 15 is 0 Å². The molecule has 2 saturated heterocycles. The molecule has 0 aromatic heterocycles. The molecular formula is C17H25FN4O2. The van der Waals surface area contributed by atoms with Gasteiger partial charge in [0, 0.05) is 51.4 Å². The highest BCUT2D eigenvalue weighted by molar-refractivity contribution is 5.52. The third-order valence-corrected chi connectivity index (χ3v) is 5.32. The zero-order valence-electron chi connectivity index (χ0n) is 14.2. The van der Waals surface area contributed by atoms with Gasteiger partial charge in [-0.1, -0.05) is 6.92 Å². The molecule has 0 spiro atoms. The highest BCUT2D eigenvalue weighted by Crippen LogP contribution is 2.28. The Morgan fingerprint density at radius 2 is 1.83 bits per heavy atom. The van der Waals surface area contributed by atoms with E-state index < -0.39 is 10.7 Å². The average molecular weight is 336 g/mol. The topological polar surface area (TPSA) is 52.9 Å². The molecule has 2 aliphatic rings. The van der Waals surface area contributed by atoms with E-state index in [0.29, 0.717) is 11.7 Å². The molecule has 0 saturated carbocycles. The second-order valence-corrected chi connectivity index (χ2v) is 6.58. The number of non-ortho nitro benzene ring substituents is 1. The highest BCUT2D eigenvalue weighted by Gasteiger charge is 2.28. The maximum Gasteiger partial charge on any atom is 0.272 e. The summed E-state index contributed by atoms with van der Waals surface area (Å²) in [6.07, 6.45) is 2.03. The van der Waals surface area contributed by atoms with Gasteiger partial charge < -0.3 is 9.80 Å². The van der Waals surface area contributed by atoms with Crippen LogP contribution in [0.4, 0.5) is 15.8 Å². The van der Waals surface area contributed by atoms with Crippen LogP contribution in [-0.4, -0.2) is 66.6 Å². The lowest BCUT2D eigenvalue weighted by molar-refractivity contribution is -0.385. The number of hydrogen-bond acceptors (Lipinski definition) is 5. The van der Waals surface area contributed by atoms with Crippen molar-refractivity contribution in [1.82, 2.24) is 9.80 Å². The summed E-state index contributed by atoms with van der Waals surface area (Å²) in [5.41, 5.74) is 0.287. The molecule has 0 radical (unpaired) electrons. The lowest BCUT2D eigenvalue weighted by Crippen LogP contribution is -2.53. The minimum Gasteiger partial charge on any atom is -0.369 e. The van der Waals surface area contributed by atoms with Crippen LogP contribution in [0, 0.1) is 15.9 Å². The standard InChI is InChI=1S/C17H25FN4O2/c1-2-19-9-11-20(12-10-19)14-5-7-21(8-6-14)17-4-3-15(22(23)24)13-16(17)18/h3-4,13-14H,2,5-12H2,1H3. The van der Waals surface area contributed by atoms with Gasteiger partial charge in [-0.3, -0.25) is 15.0 Å². The number of piperazine rings is 1. The number of hydrogen-bond donors (Lipinski definition) is 0. The van der Waals surface area contributed by atoms with Crippen LogP contribution in [0.2, 0.25) is 0 Å². The highest BCUT2D eigenvalue weighted by atomic mass is 19.1. The molecule has 0 N–H and O–H groups in total. The quantitative estimate of drug-likeness (QED) is 0.624. The number of piperidine rings is 1. The lowest BCUT2D eigenvalue weighted by atomic mass is 10.0. The normalized spacial score (nSPS) is 21.2. The van der Waals surface area contributed by atoms with Crippen LogP contribution in [0.5, 0.6) is 0 Å². The summed E-state index contributed by atoms with van der Waals surface area (Å²) in [5.74, 6) is -0.501. The molecule has 0 unspecified atom stereocenters. The number of nitro benzene ring substituents is 1. The molecular weight excluding hydrogens is 311 g/mol. The van der Waals surface area contributed by atoms with Gasteiger partial charge in [0.15, 0.2) is 5.82 Å². The van der Waals surface area contributed by atoms with Crippen molar-refractivity contribution in [3.8, 4) is 0 Å². The van der Waals surface area contributed by atoms with Crippen molar-refractivity contribution in [3.05, 3.63) is 34.1 Å². The molecule has 24 heavy (non-hydrogen) atoms. The predicted octanol–water partition coefficient (Wildman–Crippen LogP) is 2.34. The van der Waals surface area contributed by atoms with Crippen molar-refractivity contribution < 1.29 is 9.31 Å². The van der Waals surface area contributed by atoms with Gasteiger partial charge in [0.1, 0.15) is 0 Å². The summed E-state index contributed by atoms with van der Waals surface area (Å²) in [6.45, 7) is 9.41. The fourth-order valence-electron chi connectivity index (χ4n) is 3.78. The summed E-state index contributed by atoms with van der Waals surface area (Å²) in [4.78, 5) is 17.2. The number of rotatable bonds is 4. The smallest absolute Gasteiger partial charge is 0.272 e. The van der Waals surface area contributed by atoms with Crippen LogP contribution in [0.3, 0.4) is 0 Å². The first-order valence-corrected chi connectivity index (χ1v) is 8.73. The summed E-state index contributed by atoms with van der Waals surface area (Å²) in [5, 5.41) is 10.7. The molecule has 3 rings (SSSR count). The number of halogens is 1. The molecule has 2 aliphatic heterocycles. The lowest BCUT2D eigenvalue weighted by Gasteiger charge is -2.43. The van der Waals surface area contributed by atoms with Crippen molar-refractivity contribution in [2.45, 2.75) is 25.8 Å². The molecule has 132 valence electrons. The number of nitro groups is 1. The van der Waals surface area contributed by atoms with E-state index in [1.54, 1.807) is 0 Å². The van der Waals surface area contributed by atoms with Crippen molar-refractivity contribution in [2.75, 3.05) is 50.7 Å². The van der Waals surface area contributed by atoms with Crippen molar-refractivity contribution in [1.29, 1.82) is 0 Å². The third-order valence-electron chi connectivity index (χ3n) is 5.32. The Hall–Kier alpha value is -1.73. The summed E-state index contributed by atoms with van der Waals surface area (Å²) in [6, 6.07) is 4.51. The fourth-order valence-corrected chi connectivity index (χ4v) is 3.78. The molecule has 2 heterocycles. The molecule has 0 aliphatic carbocycles. The van der Waals surface area contributed by atoms with E-state index in [-0.39, 0.29) is 5.69 Å². The molecule has 1 aromatic rings. The predicted molar refractivity (Wildman–Crippen MR) is 92.0 cm³/mol. The van der Waals surface area contributed by atoms with E-state index in [1.807, 2.05) is 4.90 Å². The van der Waals surface area contributed by atoms with Crippen LogP contribution >= 0.6 is 0 Å². The van der Waals surface area contributed by atoms with Crippen molar-refractivity contribution in [2.24, 2.45) is 0 Å². The van der Waals surface area contributed by atoms with E-state index in [0.717, 1.165) is 64.7 Å². The van der Waals surface area contributed by atoms with E-state index in [9.17, 15) is 14.5 Å². The largest absolute Gasteiger partial charge is 0.369 e.